The molecule has 0 aliphatic heterocycles. The summed E-state index contributed by atoms with van der Waals surface area (Å²) in [5.41, 5.74) is 2.21. The lowest BCUT2D eigenvalue weighted by Gasteiger charge is -2.12. The fraction of sp³-hybridized carbons (Fsp3) is 0.278. The molecule has 0 aliphatic rings. The van der Waals surface area contributed by atoms with Crippen LogP contribution in [0.3, 0.4) is 0 Å². The van der Waals surface area contributed by atoms with Gasteiger partial charge in [-0.15, -0.1) is 11.3 Å². The highest BCUT2D eigenvalue weighted by molar-refractivity contribution is 7.18. The van der Waals surface area contributed by atoms with E-state index >= 15 is 0 Å². The molecular formula is C18H18N2O3S. The quantitative estimate of drug-likeness (QED) is 0.734. The van der Waals surface area contributed by atoms with E-state index in [1.807, 2.05) is 26.8 Å². The molecule has 0 fully saturated rings. The number of aryl methyl sites for hydroxylation is 3. The van der Waals surface area contributed by atoms with Crippen LogP contribution in [-0.2, 0) is 4.74 Å². The lowest BCUT2D eigenvalue weighted by atomic mass is 10.1. The molecule has 124 valence electrons. The minimum Gasteiger partial charge on any atom is -0.451 e. The zero-order valence-electron chi connectivity index (χ0n) is 14.0. The second-order valence-corrected chi connectivity index (χ2v) is 7.03. The zero-order chi connectivity index (χ0) is 17.4. The molecule has 0 spiro atoms. The molecule has 24 heavy (non-hydrogen) atoms. The number of hydrogen-bond acceptors (Lipinski definition) is 5. The van der Waals surface area contributed by atoms with Crippen molar-refractivity contribution in [3.05, 3.63) is 62.0 Å². The van der Waals surface area contributed by atoms with Crippen molar-refractivity contribution in [3.8, 4) is 0 Å². The van der Waals surface area contributed by atoms with Crippen molar-refractivity contribution in [3.63, 3.8) is 0 Å². The highest BCUT2D eigenvalue weighted by Gasteiger charge is 2.19. The van der Waals surface area contributed by atoms with Gasteiger partial charge in [0.2, 0.25) is 0 Å². The first-order valence-electron chi connectivity index (χ1n) is 7.64. The maximum atomic E-state index is 12.3. The number of nitrogens with zero attached hydrogens (tertiary/aromatic N) is 1. The van der Waals surface area contributed by atoms with Crippen molar-refractivity contribution in [1.29, 1.82) is 0 Å². The Bertz CT molecular complexity index is 988. The van der Waals surface area contributed by atoms with Gasteiger partial charge >= 0.3 is 5.97 Å². The van der Waals surface area contributed by atoms with Crippen molar-refractivity contribution in [2.45, 2.75) is 33.8 Å². The van der Waals surface area contributed by atoms with E-state index in [2.05, 4.69) is 9.97 Å². The van der Waals surface area contributed by atoms with Crippen LogP contribution in [0.4, 0.5) is 0 Å². The summed E-state index contributed by atoms with van der Waals surface area (Å²) in [6.07, 6.45) is -0.641. The third-order valence-corrected chi connectivity index (χ3v) is 5.08. The minimum absolute atomic E-state index is 0.199. The molecule has 3 aromatic rings. The van der Waals surface area contributed by atoms with E-state index in [0.29, 0.717) is 21.6 Å². The molecule has 1 atom stereocenters. The fourth-order valence-corrected chi connectivity index (χ4v) is 3.56. The number of aromatic amines is 1. The Morgan fingerprint density at radius 3 is 2.75 bits per heavy atom. The molecule has 1 unspecified atom stereocenters. The van der Waals surface area contributed by atoms with Crippen molar-refractivity contribution in [2.24, 2.45) is 0 Å². The molecule has 0 bridgehead atoms. The third-order valence-electron chi connectivity index (χ3n) is 3.98. The molecule has 0 saturated heterocycles. The average molecular weight is 342 g/mol. The van der Waals surface area contributed by atoms with Crippen molar-refractivity contribution >= 4 is 27.5 Å². The second kappa shape index (κ2) is 6.20. The topological polar surface area (TPSA) is 72.0 Å². The summed E-state index contributed by atoms with van der Waals surface area (Å²) in [5, 5.41) is 0.610. The first-order valence-corrected chi connectivity index (χ1v) is 8.46. The molecule has 3 rings (SSSR count). The number of carbonyl (C=O) groups is 1. The van der Waals surface area contributed by atoms with Crippen LogP contribution in [-0.4, -0.2) is 15.9 Å². The zero-order valence-corrected chi connectivity index (χ0v) is 14.8. The summed E-state index contributed by atoms with van der Waals surface area (Å²) in [5.74, 6) is -0.0813. The standard InChI is InChI=1S/C18H18N2O3S/c1-9-6-5-7-13(8-9)18(22)23-11(3)15-19-16(21)14-10(2)12(4)24-17(14)20-15/h5-8,11H,1-4H3,(H,19,20,21). The normalized spacial score (nSPS) is 12.3. The van der Waals surface area contributed by atoms with Crippen LogP contribution in [0.2, 0.25) is 0 Å². The van der Waals surface area contributed by atoms with E-state index < -0.39 is 12.1 Å². The molecule has 2 aromatic heterocycles. The lowest BCUT2D eigenvalue weighted by Crippen LogP contribution is -2.17. The van der Waals surface area contributed by atoms with E-state index in [-0.39, 0.29) is 5.56 Å². The number of rotatable bonds is 3. The highest BCUT2D eigenvalue weighted by atomic mass is 32.1. The van der Waals surface area contributed by atoms with E-state index in [4.69, 9.17) is 4.74 Å². The number of nitrogens with one attached hydrogen (secondary N) is 1. The lowest BCUT2D eigenvalue weighted by molar-refractivity contribution is 0.0320. The summed E-state index contributed by atoms with van der Waals surface area (Å²) in [7, 11) is 0. The third kappa shape index (κ3) is 2.97. The van der Waals surface area contributed by atoms with Crippen LogP contribution < -0.4 is 5.56 Å². The van der Waals surface area contributed by atoms with Gasteiger partial charge in [0.1, 0.15) is 4.83 Å². The summed E-state index contributed by atoms with van der Waals surface area (Å²) in [4.78, 5) is 33.5. The largest absolute Gasteiger partial charge is 0.451 e. The van der Waals surface area contributed by atoms with Crippen LogP contribution in [0.5, 0.6) is 0 Å². The molecule has 5 nitrogen and oxygen atoms in total. The average Bonchev–Trinajstić information content (AvgIpc) is 2.82. The predicted molar refractivity (Wildman–Crippen MR) is 94.7 cm³/mol. The number of aromatic nitrogens is 2. The molecule has 0 radical (unpaired) electrons. The number of hydrogen-bond donors (Lipinski definition) is 1. The van der Waals surface area contributed by atoms with Crippen molar-refractivity contribution < 1.29 is 9.53 Å². The van der Waals surface area contributed by atoms with Gasteiger partial charge in [-0.1, -0.05) is 17.7 Å². The number of H-pyrrole nitrogens is 1. The summed E-state index contributed by atoms with van der Waals surface area (Å²) in [6, 6.07) is 7.18. The van der Waals surface area contributed by atoms with Gasteiger partial charge in [-0.05, 0) is 45.4 Å². The number of ether oxygens (including phenoxy) is 1. The first kappa shape index (κ1) is 16.4. The number of carbonyl (C=O) groups excluding carboxylic acids is 1. The van der Waals surface area contributed by atoms with Gasteiger partial charge in [-0.25, -0.2) is 9.78 Å². The number of esters is 1. The Balaban J connectivity index is 1.90. The SMILES string of the molecule is Cc1cccc(C(=O)OC(C)c2nc3sc(C)c(C)c3c(=O)[nH]2)c1. The Morgan fingerprint density at radius 2 is 2.04 bits per heavy atom. The fourth-order valence-electron chi connectivity index (χ4n) is 2.52. The number of benzene rings is 1. The van der Waals surface area contributed by atoms with E-state index in [0.717, 1.165) is 16.0 Å². The predicted octanol–water partition coefficient (Wildman–Crippen LogP) is 3.83. The molecule has 0 amide bonds. The Kier molecular flexibility index (Phi) is 4.24. The summed E-state index contributed by atoms with van der Waals surface area (Å²) >= 11 is 1.47. The molecule has 6 heteroatoms. The molecular weight excluding hydrogens is 324 g/mol. The van der Waals surface area contributed by atoms with Gasteiger partial charge in [-0.2, -0.15) is 0 Å². The highest BCUT2D eigenvalue weighted by Crippen LogP contribution is 2.27. The van der Waals surface area contributed by atoms with Crippen molar-refractivity contribution in [1.82, 2.24) is 9.97 Å². The molecule has 0 aliphatic carbocycles. The van der Waals surface area contributed by atoms with E-state index in [1.54, 1.807) is 25.1 Å². The van der Waals surface area contributed by atoms with Crippen LogP contribution in [0.15, 0.2) is 29.1 Å². The second-order valence-electron chi connectivity index (χ2n) is 5.83. The van der Waals surface area contributed by atoms with Gasteiger partial charge in [0.15, 0.2) is 11.9 Å². The van der Waals surface area contributed by atoms with Crippen LogP contribution in [0, 0.1) is 20.8 Å². The van der Waals surface area contributed by atoms with E-state index in [9.17, 15) is 9.59 Å². The summed E-state index contributed by atoms with van der Waals surface area (Å²) in [6.45, 7) is 7.48. The molecule has 1 N–H and O–H groups in total. The van der Waals surface area contributed by atoms with Gasteiger partial charge < -0.3 is 9.72 Å². The van der Waals surface area contributed by atoms with Gasteiger partial charge in [-0.3, -0.25) is 4.79 Å². The van der Waals surface area contributed by atoms with Gasteiger partial charge in [0, 0.05) is 4.88 Å². The van der Waals surface area contributed by atoms with Crippen LogP contribution in [0.1, 0.15) is 45.2 Å². The Morgan fingerprint density at radius 1 is 1.29 bits per heavy atom. The Labute approximate surface area is 143 Å². The molecule has 2 heterocycles. The molecule has 0 saturated carbocycles. The van der Waals surface area contributed by atoms with E-state index in [1.165, 1.54) is 11.3 Å². The van der Waals surface area contributed by atoms with Crippen LogP contribution in [0.25, 0.3) is 10.2 Å². The first-order chi connectivity index (χ1) is 11.4. The van der Waals surface area contributed by atoms with Crippen LogP contribution >= 0.6 is 11.3 Å². The van der Waals surface area contributed by atoms with Gasteiger partial charge in [0.05, 0.1) is 10.9 Å². The number of fused-ring (bicyclic) bond motifs is 1. The maximum Gasteiger partial charge on any atom is 0.338 e. The summed E-state index contributed by atoms with van der Waals surface area (Å²) < 4.78 is 5.45. The van der Waals surface area contributed by atoms with Crippen molar-refractivity contribution in [2.75, 3.05) is 0 Å². The maximum absolute atomic E-state index is 12.3. The Hall–Kier alpha value is -2.47. The smallest absolute Gasteiger partial charge is 0.338 e. The van der Waals surface area contributed by atoms with Gasteiger partial charge in [0.25, 0.3) is 5.56 Å². The minimum atomic E-state index is -0.641. The molecule has 1 aromatic carbocycles. The number of thiophene rings is 1. The monoisotopic (exact) mass is 342 g/mol.